The van der Waals surface area contributed by atoms with Crippen LogP contribution in [-0.4, -0.2) is 20.4 Å². The molecule has 0 unspecified atom stereocenters. The van der Waals surface area contributed by atoms with Crippen LogP contribution in [0.25, 0.3) is 5.65 Å². The van der Waals surface area contributed by atoms with Gasteiger partial charge in [-0.2, -0.15) is 0 Å². The summed E-state index contributed by atoms with van der Waals surface area (Å²) in [5.41, 5.74) is 2.17. The van der Waals surface area contributed by atoms with E-state index in [2.05, 4.69) is 4.98 Å². The van der Waals surface area contributed by atoms with E-state index < -0.39 is 0 Å². The normalized spacial score (nSPS) is 10.6. The van der Waals surface area contributed by atoms with Gasteiger partial charge in [0.15, 0.2) is 0 Å². The van der Waals surface area contributed by atoms with Gasteiger partial charge in [-0.05, 0) is 38.2 Å². The van der Waals surface area contributed by atoms with Crippen molar-refractivity contribution in [3.8, 4) is 0 Å². The fourth-order valence-electron chi connectivity index (χ4n) is 1.73. The molecule has 0 aliphatic rings. The van der Waals surface area contributed by atoms with Crippen molar-refractivity contribution >= 4 is 34.0 Å². The van der Waals surface area contributed by atoms with Gasteiger partial charge >= 0.3 is 0 Å². The number of ether oxygens (including phenoxy) is 1. The average molecular weight is 294 g/mol. The third-order valence-electron chi connectivity index (χ3n) is 2.53. The van der Waals surface area contributed by atoms with Crippen molar-refractivity contribution in [2.45, 2.75) is 19.6 Å². The lowest BCUT2D eigenvalue weighted by Gasteiger charge is -2.07. The molecule has 0 N–H and O–H groups in total. The summed E-state index contributed by atoms with van der Waals surface area (Å²) in [6, 6.07) is 7.14. The van der Waals surface area contributed by atoms with Crippen molar-refractivity contribution in [1.29, 1.82) is 0 Å². The van der Waals surface area contributed by atoms with Gasteiger partial charge in [-0.15, -0.1) is 0 Å². The van der Waals surface area contributed by atoms with Gasteiger partial charge in [0, 0.05) is 17.5 Å². The van der Waals surface area contributed by atoms with Crippen LogP contribution in [0.4, 0.5) is 0 Å². The summed E-state index contributed by atoms with van der Waals surface area (Å²) in [5.74, 6) is 0.540. The molecular weight excluding hydrogens is 280 g/mol. The predicted octanol–water partition coefficient (Wildman–Crippen LogP) is 2.56. The molecule has 100 valence electrons. The first kappa shape index (κ1) is 14.0. The van der Waals surface area contributed by atoms with Gasteiger partial charge in [0.2, 0.25) is 4.38 Å². The number of pyridine rings is 1. The summed E-state index contributed by atoms with van der Waals surface area (Å²) >= 11 is 6.41. The number of aryl methyl sites for hydroxylation is 1. The molecular formula is C13H14N2O2S2. The molecule has 0 atom stereocenters. The molecule has 0 aliphatic carbocycles. The molecule has 0 fully saturated rings. The summed E-state index contributed by atoms with van der Waals surface area (Å²) in [6.07, 6.45) is 0. The van der Waals surface area contributed by atoms with Crippen LogP contribution in [0.15, 0.2) is 29.1 Å². The largest absolute Gasteiger partial charge is 0.479 e. The summed E-state index contributed by atoms with van der Waals surface area (Å²) < 4.78 is 7.26. The van der Waals surface area contributed by atoms with Gasteiger partial charge in [0.25, 0.3) is 5.56 Å². The van der Waals surface area contributed by atoms with Gasteiger partial charge in [-0.25, -0.2) is 4.98 Å². The van der Waals surface area contributed by atoms with Crippen LogP contribution in [0.1, 0.15) is 18.3 Å². The zero-order valence-corrected chi connectivity index (χ0v) is 12.4. The Labute approximate surface area is 120 Å². The predicted molar refractivity (Wildman–Crippen MR) is 81.7 cm³/mol. The number of hydrogen-bond donors (Lipinski definition) is 0. The van der Waals surface area contributed by atoms with Gasteiger partial charge in [-0.1, -0.05) is 17.8 Å². The molecule has 2 rings (SSSR count). The van der Waals surface area contributed by atoms with E-state index in [4.69, 9.17) is 17.0 Å². The highest BCUT2D eigenvalue weighted by atomic mass is 32.2. The Kier molecular flexibility index (Phi) is 4.55. The van der Waals surface area contributed by atoms with E-state index in [9.17, 15) is 4.79 Å². The second-order valence-electron chi connectivity index (χ2n) is 3.92. The van der Waals surface area contributed by atoms with E-state index in [0.29, 0.717) is 28.1 Å². The lowest BCUT2D eigenvalue weighted by atomic mass is 10.3. The topological polar surface area (TPSA) is 43.6 Å². The maximum Gasteiger partial charge on any atom is 0.258 e. The van der Waals surface area contributed by atoms with Crippen LogP contribution in [-0.2, 0) is 10.5 Å². The molecule has 0 amide bonds. The Hall–Kier alpha value is -1.40. The van der Waals surface area contributed by atoms with Gasteiger partial charge in [0.05, 0.1) is 12.3 Å². The quantitative estimate of drug-likeness (QED) is 0.814. The molecule has 0 aliphatic heterocycles. The molecule has 0 radical (unpaired) electrons. The highest BCUT2D eigenvalue weighted by molar-refractivity contribution is 8.22. The molecule has 2 aromatic rings. The zero-order chi connectivity index (χ0) is 13.8. The van der Waals surface area contributed by atoms with Crippen LogP contribution in [0.3, 0.4) is 0 Å². The number of hydrogen-bond acceptors (Lipinski definition) is 5. The van der Waals surface area contributed by atoms with Crippen LogP contribution >= 0.6 is 24.0 Å². The second kappa shape index (κ2) is 6.16. The standard InChI is InChI=1S/C13H14N2O2S2/c1-3-17-13(18)19-8-10-7-12(16)15-9(2)5-4-6-11(15)14-10/h4-7H,3,8H2,1-2H3. The molecule has 2 aromatic heterocycles. The maximum absolute atomic E-state index is 12.0. The summed E-state index contributed by atoms with van der Waals surface area (Å²) in [5, 5.41) is 0. The number of thioether (sulfide) groups is 1. The van der Waals surface area contributed by atoms with Crippen molar-refractivity contribution < 1.29 is 4.74 Å². The average Bonchev–Trinajstić information content (AvgIpc) is 2.36. The smallest absolute Gasteiger partial charge is 0.258 e. The molecule has 4 nitrogen and oxygen atoms in total. The Morgan fingerprint density at radius 1 is 1.53 bits per heavy atom. The fraction of sp³-hybridized carbons (Fsp3) is 0.308. The number of rotatable bonds is 3. The molecule has 0 saturated heterocycles. The third kappa shape index (κ3) is 3.33. The third-order valence-corrected chi connectivity index (χ3v) is 3.80. The van der Waals surface area contributed by atoms with Gasteiger partial charge < -0.3 is 4.74 Å². The Balaban J connectivity index is 2.27. The van der Waals surface area contributed by atoms with Gasteiger partial charge in [-0.3, -0.25) is 9.20 Å². The first-order valence-electron chi connectivity index (χ1n) is 5.89. The Morgan fingerprint density at radius 3 is 3.05 bits per heavy atom. The monoisotopic (exact) mass is 294 g/mol. The lowest BCUT2D eigenvalue weighted by molar-refractivity contribution is 0.346. The van der Waals surface area contributed by atoms with E-state index in [-0.39, 0.29) is 5.56 Å². The minimum atomic E-state index is -0.0685. The molecule has 0 spiro atoms. The lowest BCUT2D eigenvalue weighted by Crippen LogP contribution is -2.17. The molecule has 0 aromatic carbocycles. The fourth-order valence-corrected chi connectivity index (χ4v) is 2.64. The van der Waals surface area contributed by atoms with E-state index in [1.54, 1.807) is 10.5 Å². The molecule has 19 heavy (non-hydrogen) atoms. The van der Waals surface area contributed by atoms with Crippen molar-refractivity contribution in [1.82, 2.24) is 9.38 Å². The van der Waals surface area contributed by atoms with Crippen LogP contribution in [0, 0.1) is 6.92 Å². The zero-order valence-electron chi connectivity index (χ0n) is 10.8. The minimum Gasteiger partial charge on any atom is -0.479 e. The van der Waals surface area contributed by atoms with Crippen LogP contribution < -0.4 is 5.56 Å². The Bertz CT molecular complexity index is 667. The number of fused-ring (bicyclic) bond motifs is 1. The summed E-state index contributed by atoms with van der Waals surface area (Å²) in [7, 11) is 0. The van der Waals surface area contributed by atoms with Crippen molar-refractivity contribution in [2.24, 2.45) is 0 Å². The Morgan fingerprint density at radius 2 is 2.32 bits per heavy atom. The molecule has 0 bridgehead atoms. The van der Waals surface area contributed by atoms with E-state index in [0.717, 1.165) is 5.69 Å². The molecule has 2 heterocycles. The minimum absolute atomic E-state index is 0.0685. The molecule has 0 saturated carbocycles. The molecule has 6 heteroatoms. The summed E-state index contributed by atoms with van der Waals surface area (Å²) in [4.78, 5) is 16.5. The van der Waals surface area contributed by atoms with Crippen molar-refractivity contribution in [3.63, 3.8) is 0 Å². The first-order chi connectivity index (χ1) is 9.11. The highest BCUT2D eigenvalue weighted by Gasteiger charge is 2.06. The SMILES string of the molecule is CCOC(=S)SCc1cc(=O)n2c(C)cccc2n1. The maximum atomic E-state index is 12.0. The van der Waals surface area contributed by atoms with Gasteiger partial charge in [0.1, 0.15) is 5.65 Å². The highest BCUT2D eigenvalue weighted by Crippen LogP contribution is 2.13. The van der Waals surface area contributed by atoms with E-state index in [1.807, 2.05) is 32.0 Å². The number of thiocarbonyl (C=S) groups is 1. The second-order valence-corrected chi connectivity index (χ2v) is 5.50. The van der Waals surface area contributed by atoms with E-state index in [1.165, 1.54) is 11.8 Å². The van der Waals surface area contributed by atoms with Crippen molar-refractivity contribution in [2.75, 3.05) is 6.61 Å². The number of nitrogens with zero attached hydrogens (tertiary/aromatic N) is 2. The van der Waals surface area contributed by atoms with Crippen LogP contribution in [0.5, 0.6) is 0 Å². The first-order valence-corrected chi connectivity index (χ1v) is 7.29. The summed E-state index contributed by atoms with van der Waals surface area (Å²) in [6.45, 7) is 4.32. The van der Waals surface area contributed by atoms with Crippen molar-refractivity contribution in [3.05, 3.63) is 46.0 Å². The van der Waals surface area contributed by atoms with E-state index >= 15 is 0 Å². The number of aromatic nitrogens is 2. The van der Waals surface area contributed by atoms with Crippen LogP contribution in [0.2, 0.25) is 0 Å².